The van der Waals surface area contributed by atoms with Gasteiger partial charge in [-0.15, -0.1) is 0 Å². The number of nitro benzene ring substituents is 1. The summed E-state index contributed by atoms with van der Waals surface area (Å²) in [6.07, 6.45) is 0. The minimum Gasteiger partial charge on any atom is -0.508 e. The molecule has 1 aromatic carbocycles. The number of amides is 1. The summed E-state index contributed by atoms with van der Waals surface area (Å²) >= 11 is 0. The molecule has 1 amide bonds. The number of phenolic OH excluding ortho intramolecular Hbond substituents is 1. The fraction of sp³-hybridized carbons (Fsp3) is 0.462. The molecule has 1 saturated heterocycles. The fourth-order valence-corrected chi connectivity index (χ4v) is 2.21. The first-order valence-electron chi connectivity index (χ1n) is 6.21. The van der Waals surface area contributed by atoms with Gasteiger partial charge in [0.1, 0.15) is 11.3 Å². The van der Waals surface area contributed by atoms with E-state index in [1.54, 1.807) is 0 Å². The molecule has 0 unspecified atom stereocenters. The Hall–Kier alpha value is -2.15. The Kier molecular flexibility index (Phi) is 3.63. The van der Waals surface area contributed by atoms with E-state index in [-0.39, 0.29) is 17.0 Å². The lowest BCUT2D eigenvalue weighted by Gasteiger charge is -2.38. The summed E-state index contributed by atoms with van der Waals surface area (Å²) in [5.41, 5.74) is -0.899. The summed E-state index contributed by atoms with van der Waals surface area (Å²) in [6, 6.07) is 3.45. The van der Waals surface area contributed by atoms with Crippen molar-refractivity contribution >= 4 is 11.6 Å². The molecule has 7 nitrogen and oxygen atoms in total. The van der Waals surface area contributed by atoms with Crippen LogP contribution >= 0.6 is 0 Å². The minimum atomic E-state index is -0.627. The summed E-state index contributed by atoms with van der Waals surface area (Å²) in [5, 5.41) is 20.4. The van der Waals surface area contributed by atoms with Crippen molar-refractivity contribution in [2.24, 2.45) is 0 Å². The summed E-state index contributed by atoms with van der Waals surface area (Å²) in [7, 11) is 0. The van der Waals surface area contributed by atoms with E-state index < -0.39 is 16.4 Å². The van der Waals surface area contributed by atoms with Crippen molar-refractivity contribution in [1.29, 1.82) is 0 Å². The third-order valence-electron chi connectivity index (χ3n) is 3.12. The first-order chi connectivity index (χ1) is 9.30. The van der Waals surface area contributed by atoms with Gasteiger partial charge in [-0.1, -0.05) is 0 Å². The van der Waals surface area contributed by atoms with Crippen LogP contribution in [0.4, 0.5) is 5.69 Å². The largest absolute Gasteiger partial charge is 0.508 e. The molecule has 0 atom stereocenters. The van der Waals surface area contributed by atoms with E-state index in [9.17, 15) is 20.0 Å². The van der Waals surface area contributed by atoms with Crippen LogP contribution in [0.25, 0.3) is 0 Å². The molecular weight excluding hydrogens is 264 g/mol. The predicted molar refractivity (Wildman–Crippen MR) is 70.7 cm³/mol. The summed E-state index contributed by atoms with van der Waals surface area (Å²) in [5.74, 6) is -0.643. The fourth-order valence-electron chi connectivity index (χ4n) is 2.21. The maximum atomic E-state index is 12.4. The van der Waals surface area contributed by atoms with Crippen molar-refractivity contribution in [1.82, 2.24) is 4.90 Å². The zero-order chi connectivity index (χ0) is 14.9. The van der Waals surface area contributed by atoms with Gasteiger partial charge in [-0.05, 0) is 26.0 Å². The molecule has 0 aromatic heterocycles. The number of hydrogen-bond donors (Lipinski definition) is 1. The van der Waals surface area contributed by atoms with Crippen molar-refractivity contribution in [2.45, 2.75) is 19.4 Å². The molecule has 1 heterocycles. The van der Waals surface area contributed by atoms with Gasteiger partial charge in [-0.25, -0.2) is 0 Å². The van der Waals surface area contributed by atoms with Gasteiger partial charge in [0.2, 0.25) is 0 Å². The zero-order valence-electron chi connectivity index (χ0n) is 11.3. The molecule has 1 fully saturated rings. The number of hydrogen-bond acceptors (Lipinski definition) is 5. The number of carbonyl (C=O) groups is 1. The normalized spacial score (nSPS) is 17.8. The van der Waals surface area contributed by atoms with Crippen LogP contribution in [-0.2, 0) is 4.74 Å². The molecule has 2 rings (SSSR count). The number of ether oxygens (including phenoxy) is 1. The van der Waals surface area contributed by atoms with E-state index in [4.69, 9.17) is 4.74 Å². The lowest BCUT2D eigenvalue weighted by Crippen LogP contribution is -2.50. The van der Waals surface area contributed by atoms with Gasteiger partial charge < -0.3 is 14.7 Å². The van der Waals surface area contributed by atoms with Gasteiger partial charge in [0, 0.05) is 19.2 Å². The molecule has 0 spiro atoms. The van der Waals surface area contributed by atoms with E-state index in [1.165, 1.54) is 11.0 Å². The Balaban J connectivity index is 2.33. The quantitative estimate of drug-likeness (QED) is 0.655. The first-order valence-corrected chi connectivity index (χ1v) is 6.21. The highest BCUT2D eigenvalue weighted by molar-refractivity contribution is 5.98. The third kappa shape index (κ3) is 2.88. The monoisotopic (exact) mass is 280 g/mol. The van der Waals surface area contributed by atoms with Gasteiger partial charge in [-0.3, -0.25) is 14.9 Å². The van der Waals surface area contributed by atoms with E-state index in [0.29, 0.717) is 19.7 Å². The molecule has 7 heteroatoms. The van der Waals surface area contributed by atoms with Gasteiger partial charge >= 0.3 is 0 Å². The molecule has 108 valence electrons. The average molecular weight is 280 g/mol. The van der Waals surface area contributed by atoms with Gasteiger partial charge in [0.05, 0.1) is 17.1 Å². The Morgan fingerprint density at radius 2 is 2.20 bits per heavy atom. The number of carbonyl (C=O) groups excluding carboxylic acids is 1. The number of rotatable bonds is 2. The second kappa shape index (κ2) is 5.09. The summed E-state index contributed by atoms with van der Waals surface area (Å²) in [4.78, 5) is 24.3. The van der Waals surface area contributed by atoms with Gasteiger partial charge in [0.25, 0.3) is 11.6 Å². The van der Waals surface area contributed by atoms with Crippen LogP contribution in [0.2, 0.25) is 0 Å². The Morgan fingerprint density at radius 3 is 2.80 bits per heavy atom. The SMILES string of the molecule is CC1(C)CN(C(=O)c2cc(O)ccc2[N+](=O)[O-])CCO1. The van der Waals surface area contributed by atoms with Crippen molar-refractivity contribution in [3.63, 3.8) is 0 Å². The highest BCUT2D eigenvalue weighted by Crippen LogP contribution is 2.26. The van der Waals surface area contributed by atoms with Crippen LogP contribution in [0, 0.1) is 10.1 Å². The molecule has 0 aliphatic carbocycles. The lowest BCUT2D eigenvalue weighted by atomic mass is 10.1. The zero-order valence-corrected chi connectivity index (χ0v) is 11.3. The van der Waals surface area contributed by atoms with Crippen LogP contribution in [0.1, 0.15) is 24.2 Å². The van der Waals surface area contributed by atoms with Crippen LogP contribution in [0.3, 0.4) is 0 Å². The van der Waals surface area contributed by atoms with Crippen LogP contribution < -0.4 is 0 Å². The van der Waals surface area contributed by atoms with Crippen molar-refractivity contribution in [3.05, 3.63) is 33.9 Å². The minimum absolute atomic E-state index is 0.104. The van der Waals surface area contributed by atoms with Gasteiger partial charge in [-0.2, -0.15) is 0 Å². The number of nitro groups is 1. The summed E-state index contributed by atoms with van der Waals surface area (Å²) < 4.78 is 5.51. The Bertz CT molecular complexity index is 556. The first kappa shape index (κ1) is 14.3. The topological polar surface area (TPSA) is 92.9 Å². The molecule has 1 aliphatic rings. The highest BCUT2D eigenvalue weighted by Gasteiger charge is 2.33. The molecule has 1 aromatic rings. The molecule has 0 saturated carbocycles. The number of phenols is 1. The van der Waals surface area contributed by atoms with Gasteiger partial charge in [0.15, 0.2) is 0 Å². The Labute approximate surface area is 115 Å². The molecule has 0 bridgehead atoms. The maximum Gasteiger partial charge on any atom is 0.282 e. The predicted octanol–water partition coefficient (Wildman–Crippen LogP) is 1.55. The molecule has 1 N–H and O–H groups in total. The van der Waals surface area contributed by atoms with Crippen molar-refractivity contribution in [2.75, 3.05) is 19.7 Å². The Morgan fingerprint density at radius 1 is 1.50 bits per heavy atom. The second-order valence-electron chi connectivity index (χ2n) is 5.29. The molecule has 1 aliphatic heterocycles. The lowest BCUT2D eigenvalue weighted by molar-refractivity contribution is -0.385. The average Bonchev–Trinajstić information content (AvgIpc) is 2.36. The van der Waals surface area contributed by atoms with Crippen molar-refractivity contribution in [3.8, 4) is 5.75 Å². The third-order valence-corrected chi connectivity index (χ3v) is 3.12. The van der Waals surface area contributed by atoms with Crippen LogP contribution in [-0.4, -0.2) is 46.1 Å². The van der Waals surface area contributed by atoms with Crippen molar-refractivity contribution < 1.29 is 19.6 Å². The standard InChI is InChI=1S/C13H16N2O5/c1-13(2)8-14(5-6-20-13)12(17)10-7-9(16)3-4-11(10)15(18)19/h3-4,7,16H,5-6,8H2,1-2H3. The van der Waals surface area contributed by atoms with E-state index >= 15 is 0 Å². The van der Waals surface area contributed by atoms with Crippen LogP contribution in [0.15, 0.2) is 18.2 Å². The smallest absolute Gasteiger partial charge is 0.282 e. The number of benzene rings is 1. The summed E-state index contributed by atoms with van der Waals surface area (Å²) in [6.45, 7) is 4.80. The number of aromatic hydroxyl groups is 1. The highest BCUT2D eigenvalue weighted by atomic mass is 16.6. The molecule has 20 heavy (non-hydrogen) atoms. The van der Waals surface area contributed by atoms with E-state index in [1.807, 2.05) is 13.8 Å². The van der Waals surface area contributed by atoms with E-state index in [0.717, 1.165) is 12.1 Å². The molecule has 0 radical (unpaired) electrons. The molecular formula is C13H16N2O5. The number of morpholine rings is 1. The second-order valence-corrected chi connectivity index (χ2v) is 5.29. The number of nitrogens with zero attached hydrogens (tertiary/aromatic N) is 2. The van der Waals surface area contributed by atoms with E-state index in [2.05, 4.69) is 0 Å². The van der Waals surface area contributed by atoms with Crippen LogP contribution in [0.5, 0.6) is 5.75 Å². The maximum absolute atomic E-state index is 12.4.